The van der Waals surface area contributed by atoms with E-state index in [9.17, 15) is 13.2 Å². The van der Waals surface area contributed by atoms with E-state index in [1.807, 2.05) is 0 Å². The van der Waals surface area contributed by atoms with E-state index in [-0.39, 0.29) is 10.8 Å². The Bertz CT molecular complexity index is 477. The Labute approximate surface area is 90.3 Å². The third kappa shape index (κ3) is 2.61. The van der Waals surface area contributed by atoms with Gasteiger partial charge in [-0.15, -0.1) is 17.9 Å². The summed E-state index contributed by atoms with van der Waals surface area (Å²) >= 11 is 0.759. The fourth-order valence-corrected chi connectivity index (χ4v) is 2.98. The second kappa shape index (κ2) is 4.51. The predicted molar refractivity (Wildman–Crippen MR) is 54.5 cm³/mol. The van der Waals surface area contributed by atoms with Gasteiger partial charge in [0.15, 0.2) is 9.90 Å². The van der Waals surface area contributed by atoms with Crippen molar-refractivity contribution in [3.63, 3.8) is 0 Å². The van der Waals surface area contributed by atoms with Crippen LogP contribution in [0.2, 0.25) is 0 Å². The largest absolute Gasteiger partial charge is 0.476 e. The van der Waals surface area contributed by atoms with E-state index in [4.69, 9.17) is 5.11 Å². The first kappa shape index (κ1) is 11.8. The minimum atomic E-state index is -3.80. The molecule has 0 spiro atoms. The first-order valence-corrected chi connectivity index (χ1v) is 6.12. The topological polar surface area (TPSA) is 96.4 Å². The molecule has 82 valence electrons. The van der Waals surface area contributed by atoms with Crippen LogP contribution in [-0.4, -0.2) is 31.0 Å². The molecule has 0 aliphatic carbocycles. The molecule has 1 aromatic heterocycles. The van der Waals surface area contributed by atoms with Crippen molar-refractivity contribution >= 4 is 27.3 Å². The normalized spacial score (nSPS) is 11.2. The molecule has 0 aliphatic heterocycles. The molecule has 0 saturated heterocycles. The van der Waals surface area contributed by atoms with Crippen LogP contribution in [0.1, 0.15) is 10.5 Å². The van der Waals surface area contributed by atoms with E-state index in [0.29, 0.717) is 0 Å². The van der Waals surface area contributed by atoms with Crippen LogP contribution in [0.4, 0.5) is 0 Å². The SMILES string of the molecule is C=CCNS(=O)(=O)c1scnc1C(=O)O. The third-order valence-corrected chi connectivity index (χ3v) is 4.19. The molecule has 2 N–H and O–H groups in total. The van der Waals surface area contributed by atoms with E-state index >= 15 is 0 Å². The molecule has 15 heavy (non-hydrogen) atoms. The zero-order chi connectivity index (χ0) is 11.5. The summed E-state index contributed by atoms with van der Waals surface area (Å²) in [6.07, 6.45) is 1.36. The van der Waals surface area contributed by atoms with E-state index in [0.717, 1.165) is 11.3 Å². The van der Waals surface area contributed by atoms with Gasteiger partial charge in [0.1, 0.15) is 0 Å². The molecule has 0 amide bonds. The first-order chi connectivity index (χ1) is 6.99. The highest BCUT2D eigenvalue weighted by Gasteiger charge is 2.24. The summed E-state index contributed by atoms with van der Waals surface area (Å²) in [5, 5.41) is 8.68. The molecule has 0 bridgehead atoms. The molecule has 0 unspecified atom stereocenters. The molecule has 1 heterocycles. The number of carboxylic acids is 1. The minimum absolute atomic E-state index is 0.0410. The van der Waals surface area contributed by atoms with Crippen molar-refractivity contribution < 1.29 is 18.3 Å². The van der Waals surface area contributed by atoms with Gasteiger partial charge in [-0.25, -0.2) is 22.9 Å². The summed E-state index contributed by atoms with van der Waals surface area (Å²) in [6, 6.07) is 0. The van der Waals surface area contributed by atoms with E-state index < -0.39 is 21.7 Å². The standard InChI is InChI=1S/C7H8N2O4S2/c1-2-3-9-15(12,13)7-5(6(10)11)8-4-14-7/h2,4,9H,1,3H2,(H,10,11). The number of nitrogens with zero attached hydrogens (tertiary/aromatic N) is 1. The smallest absolute Gasteiger partial charge is 0.356 e. The zero-order valence-corrected chi connectivity index (χ0v) is 9.14. The maximum Gasteiger partial charge on any atom is 0.356 e. The van der Waals surface area contributed by atoms with Gasteiger partial charge in [-0.2, -0.15) is 0 Å². The molecule has 0 radical (unpaired) electrons. The van der Waals surface area contributed by atoms with Gasteiger partial charge >= 0.3 is 5.97 Å². The second-order valence-corrected chi connectivity index (χ2v) is 5.25. The van der Waals surface area contributed by atoms with Gasteiger partial charge in [-0.1, -0.05) is 6.08 Å². The lowest BCUT2D eigenvalue weighted by Crippen LogP contribution is -2.24. The molecule has 0 saturated carbocycles. The summed E-state index contributed by atoms with van der Waals surface area (Å²) < 4.78 is 24.9. The molecule has 1 rings (SSSR count). The van der Waals surface area contributed by atoms with Gasteiger partial charge in [0, 0.05) is 6.54 Å². The van der Waals surface area contributed by atoms with Crippen LogP contribution >= 0.6 is 11.3 Å². The Kier molecular flexibility index (Phi) is 3.56. The van der Waals surface area contributed by atoms with Crippen LogP contribution in [0, 0.1) is 0 Å². The van der Waals surface area contributed by atoms with E-state index in [1.165, 1.54) is 11.6 Å². The number of hydrogen-bond donors (Lipinski definition) is 2. The van der Waals surface area contributed by atoms with Gasteiger partial charge in [-0.3, -0.25) is 0 Å². The van der Waals surface area contributed by atoms with Crippen molar-refractivity contribution in [3.8, 4) is 0 Å². The van der Waals surface area contributed by atoms with E-state index in [1.54, 1.807) is 0 Å². The molecule has 0 fully saturated rings. The fourth-order valence-electron chi connectivity index (χ4n) is 0.803. The monoisotopic (exact) mass is 248 g/mol. The van der Waals surface area contributed by atoms with Crippen molar-refractivity contribution in [2.45, 2.75) is 4.21 Å². The molecule has 6 nitrogen and oxygen atoms in total. The average Bonchev–Trinajstić information content (AvgIpc) is 2.63. The molecule has 1 aromatic rings. The third-order valence-electron chi connectivity index (χ3n) is 1.40. The second-order valence-electron chi connectivity index (χ2n) is 2.43. The number of thiazole rings is 1. The number of nitrogens with one attached hydrogen (secondary N) is 1. The Balaban J connectivity index is 3.10. The molecular weight excluding hydrogens is 240 g/mol. The van der Waals surface area contributed by atoms with Crippen molar-refractivity contribution in [1.82, 2.24) is 9.71 Å². The number of aromatic carboxylic acids is 1. The molecule has 0 atom stereocenters. The highest BCUT2D eigenvalue weighted by molar-refractivity contribution is 7.91. The summed E-state index contributed by atoms with van der Waals surface area (Å²) in [7, 11) is -3.80. The van der Waals surface area contributed by atoms with Gasteiger partial charge in [0.05, 0.1) is 5.51 Å². The number of aromatic nitrogens is 1. The predicted octanol–water partition coefficient (Wildman–Crippen LogP) is 0.306. The summed E-state index contributed by atoms with van der Waals surface area (Å²) in [4.78, 5) is 14.1. The first-order valence-electron chi connectivity index (χ1n) is 3.76. The highest BCUT2D eigenvalue weighted by atomic mass is 32.2. The van der Waals surface area contributed by atoms with Crippen molar-refractivity contribution in [2.24, 2.45) is 0 Å². The lowest BCUT2D eigenvalue weighted by atomic mass is 10.5. The maximum absolute atomic E-state index is 11.5. The van der Waals surface area contributed by atoms with Gasteiger partial charge < -0.3 is 5.11 Å². The summed E-state index contributed by atoms with van der Waals surface area (Å²) in [6.45, 7) is 3.39. The van der Waals surface area contributed by atoms with Gasteiger partial charge in [-0.05, 0) is 0 Å². The molecule has 8 heteroatoms. The molecule has 0 aliphatic rings. The lowest BCUT2D eigenvalue weighted by molar-refractivity contribution is 0.0687. The maximum atomic E-state index is 11.5. The van der Waals surface area contributed by atoms with Crippen molar-refractivity contribution in [2.75, 3.05) is 6.54 Å². The van der Waals surface area contributed by atoms with Gasteiger partial charge in [0.2, 0.25) is 0 Å². The number of hydrogen-bond acceptors (Lipinski definition) is 5. The highest BCUT2D eigenvalue weighted by Crippen LogP contribution is 2.19. The number of carbonyl (C=O) groups is 1. The zero-order valence-electron chi connectivity index (χ0n) is 7.50. The lowest BCUT2D eigenvalue weighted by Gasteiger charge is -2.01. The number of sulfonamides is 1. The van der Waals surface area contributed by atoms with Crippen LogP contribution in [-0.2, 0) is 10.0 Å². The van der Waals surface area contributed by atoms with Crippen LogP contribution in [0.5, 0.6) is 0 Å². The molecular formula is C7H8N2O4S2. The summed E-state index contributed by atoms with van der Waals surface area (Å²) in [5.74, 6) is -1.37. The van der Waals surface area contributed by atoms with Crippen molar-refractivity contribution in [1.29, 1.82) is 0 Å². The molecule has 0 aromatic carbocycles. The van der Waals surface area contributed by atoms with E-state index in [2.05, 4.69) is 16.3 Å². The number of rotatable bonds is 5. The van der Waals surface area contributed by atoms with Crippen LogP contribution in [0.15, 0.2) is 22.4 Å². The van der Waals surface area contributed by atoms with Crippen LogP contribution in [0.25, 0.3) is 0 Å². The Hall–Kier alpha value is -1.25. The quantitative estimate of drug-likeness (QED) is 0.731. The van der Waals surface area contributed by atoms with Gasteiger partial charge in [0.25, 0.3) is 10.0 Å². The Morgan fingerprint density at radius 1 is 1.73 bits per heavy atom. The van der Waals surface area contributed by atoms with Crippen molar-refractivity contribution in [3.05, 3.63) is 23.9 Å². The Morgan fingerprint density at radius 2 is 2.40 bits per heavy atom. The minimum Gasteiger partial charge on any atom is -0.476 e. The number of carboxylic acid groups (broad SMARTS) is 1. The fraction of sp³-hybridized carbons (Fsp3) is 0.143. The average molecular weight is 248 g/mol. The Morgan fingerprint density at radius 3 is 2.93 bits per heavy atom. The van der Waals surface area contributed by atoms with Crippen LogP contribution in [0.3, 0.4) is 0 Å². The summed E-state index contributed by atoms with van der Waals surface area (Å²) in [5.41, 5.74) is 0.711. The van der Waals surface area contributed by atoms with Crippen LogP contribution < -0.4 is 4.72 Å².